The molecule has 0 spiro atoms. The van der Waals surface area contributed by atoms with Crippen LogP contribution in [-0.2, 0) is 10.3 Å². The number of hydrogen-bond donors (Lipinski definition) is 0. The fourth-order valence-corrected chi connectivity index (χ4v) is 4.70. The molecule has 1 aromatic heterocycles. The third kappa shape index (κ3) is 2.46. The number of aromatic nitrogens is 4. The molecule has 1 saturated heterocycles. The monoisotopic (exact) mass is 305 g/mol. The Hall–Kier alpha value is -1.01. The molecule has 0 bridgehead atoms. The molecule has 0 radical (unpaired) electrons. The fourth-order valence-electron chi connectivity index (χ4n) is 4.70. The van der Waals surface area contributed by atoms with E-state index in [2.05, 4.69) is 25.1 Å². The van der Waals surface area contributed by atoms with Crippen LogP contribution in [-0.4, -0.2) is 51.4 Å². The predicted molar refractivity (Wildman–Crippen MR) is 82.5 cm³/mol. The maximum absolute atomic E-state index is 5.57. The Kier molecular flexibility index (Phi) is 4.13. The first-order valence-electron chi connectivity index (χ1n) is 9.01. The van der Waals surface area contributed by atoms with Gasteiger partial charge in [0.25, 0.3) is 0 Å². The topological polar surface area (TPSA) is 56.1 Å². The van der Waals surface area contributed by atoms with Crippen molar-refractivity contribution in [2.24, 2.45) is 0 Å². The Morgan fingerprint density at radius 3 is 2.41 bits per heavy atom. The molecule has 0 amide bonds. The van der Waals surface area contributed by atoms with Crippen molar-refractivity contribution in [1.29, 1.82) is 0 Å². The molecule has 0 atom stereocenters. The first kappa shape index (κ1) is 14.6. The third-order valence-corrected chi connectivity index (χ3v) is 5.88. The van der Waals surface area contributed by atoms with Crippen LogP contribution in [0, 0.1) is 0 Å². The lowest BCUT2D eigenvalue weighted by Crippen LogP contribution is -2.51. The fraction of sp³-hybridized carbons (Fsp3) is 0.938. The second-order valence-corrected chi connectivity index (χ2v) is 7.08. The van der Waals surface area contributed by atoms with Crippen molar-refractivity contribution in [2.45, 2.75) is 69.4 Å². The van der Waals surface area contributed by atoms with Crippen LogP contribution < -0.4 is 0 Å². The Labute approximate surface area is 132 Å². The first-order chi connectivity index (χ1) is 10.9. The van der Waals surface area contributed by atoms with Gasteiger partial charge < -0.3 is 4.74 Å². The highest BCUT2D eigenvalue weighted by atomic mass is 16.5. The van der Waals surface area contributed by atoms with E-state index in [9.17, 15) is 0 Å². The number of nitrogens with zero attached hydrogens (tertiary/aromatic N) is 5. The number of morpholine rings is 1. The molecule has 22 heavy (non-hydrogen) atoms. The van der Waals surface area contributed by atoms with Gasteiger partial charge in [-0.25, -0.2) is 4.68 Å². The van der Waals surface area contributed by atoms with Crippen molar-refractivity contribution < 1.29 is 4.74 Å². The van der Waals surface area contributed by atoms with Gasteiger partial charge in [-0.1, -0.05) is 32.1 Å². The Morgan fingerprint density at radius 1 is 0.955 bits per heavy atom. The summed E-state index contributed by atoms with van der Waals surface area (Å²) in [6.07, 6.45) is 11.4. The first-order valence-corrected chi connectivity index (χ1v) is 9.01. The lowest BCUT2D eigenvalue weighted by Gasteiger charge is -2.42. The minimum absolute atomic E-state index is 0.0602. The zero-order chi connectivity index (χ0) is 14.8. The standard InChI is InChI=1S/C16H27N5O/c1-2-6-14(7-3-1)21-15(17-18-19-21)16(8-4-5-9-16)20-10-12-22-13-11-20/h14H,1-13H2. The smallest absolute Gasteiger partial charge is 0.171 e. The normalized spacial score (nSPS) is 27.3. The molecule has 6 heteroatoms. The molecular weight excluding hydrogens is 278 g/mol. The summed E-state index contributed by atoms with van der Waals surface area (Å²) in [6, 6.07) is 0.511. The number of ether oxygens (including phenoxy) is 1. The van der Waals surface area contributed by atoms with Crippen molar-refractivity contribution in [3.63, 3.8) is 0 Å². The molecule has 4 rings (SSSR count). The highest BCUT2D eigenvalue weighted by Crippen LogP contribution is 2.44. The van der Waals surface area contributed by atoms with Gasteiger partial charge in [0.2, 0.25) is 0 Å². The SMILES string of the molecule is C1CCC(n2nnnc2C2(N3CCOCC3)CCCC2)CC1. The summed E-state index contributed by atoms with van der Waals surface area (Å²) in [7, 11) is 0. The molecule has 1 aromatic rings. The summed E-state index contributed by atoms with van der Waals surface area (Å²) in [5.74, 6) is 1.14. The number of tetrazole rings is 1. The summed E-state index contributed by atoms with van der Waals surface area (Å²) in [5.41, 5.74) is 0.0602. The minimum Gasteiger partial charge on any atom is -0.379 e. The van der Waals surface area contributed by atoms with Crippen molar-refractivity contribution >= 4 is 0 Å². The van der Waals surface area contributed by atoms with Crippen LogP contribution in [0.5, 0.6) is 0 Å². The third-order valence-electron chi connectivity index (χ3n) is 5.88. The van der Waals surface area contributed by atoms with Crippen LogP contribution in [0.4, 0.5) is 0 Å². The van der Waals surface area contributed by atoms with Gasteiger partial charge in [-0.15, -0.1) is 5.10 Å². The van der Waals surface area contributed by atoms with Gasteiger partial charge >= 0.3 is 0 Å². The summed E-state index contributed by atoms with van der Waals surface area (Å²) in [5, 5.41) is 13.0. The maximum Gasteiger partial charge on any atom is 0.171 e. The van der Waals surface area contributed by atoms with Gasteiger partial charge in [-0.3, -0.25) is 4.90 Å². The van der Waals surface area contributed by atoms with Crippen molar-refractivity contribution in [3.05, 3.63) is 5.82 Å². The van der Waals surface area contributed by atoms with Gasteiger partial charge in [0.1, 0.15) is 0 Å². The molecule has 6 nitrogen and oxygen atoms in total. The van der Waals surface area contributed by atoms with Crippen molar-refractivity contribution in [3.8, 4) is 0 Å². The highest BCUT2D eigenvalue weighted by molar-refractivity contribution is 5.10. The van der Waals surface area contributed by atoms with E-state index >= 15 is 0 Å². The van der Waals surface area contributed by atoms with E-state index in [-0.39, 0.29) is 5.54 Å². The van der Waals surface area contributed by atoms with Crippen LogP contribution in [0.3, 0.4) is 0 Å². The lowest BCUT2D eigenvalue weighted by atomic mass is 9.91. The van der Waals surface area contributed by atoms with Crippen molar-refractivity contribution in [1.82, 2.24) is 25.1 Å². The molecule has 122 valence electrons. The van der Waals surface area contributed by atoms with Gasteiger partial charge in [-0.2, -0.15) is 0 Å². The zero-order valence-corrected chi connectivity index (χ0v) is 13.4. The van der Waals surface area contributed by atoms with E-state index in [1.165, 1.54) is 57.8 Å². The maximum atomic E-state index is 5.57. The van der Waals surface area contributed by atoms with Crippen LogP contribution in [0.2, 0.25) is 0 Å². The molecule has 3 aliphatic rings. The Balaban J connectivity index is 1.66. The second-order valence-electron chi connectivity index (χ2n) is 7.08. The van der Waals surface area contributed by atoms with Crippen LogP contribution in [0.1, 0.15) is 69.7 Å². The highest BCUT2D eigenvalue weighted by Gasteiger charge is 2.46. The largest absolute Gasteiger partial charge is 0.379 e. The Morgan fingerprint density at radius 2 is 1.68 bits per heavy atom. The lowest BCUT2D eigenvalue weighted by molar-refractivity contribution is -0.0290. The van der Waals surface area contributed by atoms with E-state index in [1.54, 1.807) is 0 Å². The van der Waals surface area contributed by atoms with Crippen LogP contribution >= 0.6 is 0 Å². The minimum atomic E-state index is 0.0602. The van der Waals surface area contributed by atoms with Crippen molar-refractivity contribution in [2.75, 3.05) is 26.3 Å². The van der Waals surface area contributed by atoms with E-state index in [4.69, 9.17) is 4.74 Å². The summed E-state index contributed by atoms with van der Waals surface area (Å²) in [4.78, 5) is 2.61. The molecule has 2 heterocycles. The average molecular weight is 305 g/mol. The summed E-state index contributed by atoms with van der Waals surface area (Å²) in [6.45, 7) is 3.70. The second kappa shape index (κ2) is 6.24. The molecule has 0 unspecified atom stereocenters. The molecule has 1 aliphatic heterocycles. The number of rotatable bonds is 3. The van der Waals surface area contributed by atoms with Gasteiger partial charge in [0.05, 0.1) is 24.8 Å². The molecule has 0 aromatic carbocycles. The number of hydrogen-bond acceptors (Lipinski definition) is 5. The van der Waals surface area contributed by atoms with E-state index < -0.39 is 0 Å². The van der Waals surface area contributed by atoms with Crippen LogP contribution in [0.15, 0.2) is 0 Å². The molecule has 0 N–H and O–H groups in total. The summed E-state index contributed by atoms with van der Waals surface area (Å²) < 4.78 is 7.76. The van der Waals surface area contributed by atoms with Gasteiger partial charge in [-0.05, 0) is 36.1 Å². The van der Waals surface area contributed by atoms with Crippen LogP contribution in [0.25, 0.3) is 0 Å². The van der Waals surface area contributed by atoms with Gasteiger partial charge in [0.15, 0.2) is 5.82 Å². The van der Waals surface area contributed by atoms with E-state index in [1.807, 2.05) is 0 Å². The zero-order valence-electron chi connectivity index (χ0n) is 13.4. The predicted octanol–water partition coefficient (Wildman–Crippen LogP) is 2.28. The summed E-state index contributed by atoms with van der Waals surface area (Å²) >= 11 is 0. The molecular formula is C16H27N5O. The van der Waals surface area contributed by atoms with E-state index in [0.717, 1.165) is 32.1 Å². The molecule has 3 fully saturated rings. The molecule has 2 saturated carbocycles. The molecule has 2 aliphatic carbocycles. The quantitative estimate of drug-likeness (QED) is 0.857. The van der Waals surface area contributed by atoms with E-state index in [0.29, 0.717) is 6.04 Å². The average Bonchev–Trinajstić information content (AvgIpc) is 3.26. The van der Waals surface area contributed by atoms with Gasteiger partial charge in [0, 0.05) is 13.1 Å². The Bertz CT molecular complexity index is 484.